The quantitative estimate of drug-likeness (QED) is 0.330. The van der Waals surface area contributed by atoms with Gasteiger partial charge in [-0.05, 0) is 12.8 Å². The summed E-state index contributed by atoms with van der Waals surface area (Å²) >= 11 is 0. The lowest BCUT2D eigenvalue weighted by Crippen LogP contribution is -2.35. The number of nitrogens with zero attached hydrogens (tertiary/aromatic N) is 1. The van der Waals surface area contributed by atoms with Gasteiger partial charge in [0.1, 0.15) is 0 Å². The van der Waals surface area contributed by atoms with Crippen LogP contribution < -0.4 is 6.15 Å². The summed E-state index contributed by atoms with van der Waals surface area (Å²) in [6, 6.07) is 0. The number of hydrogen-bond donors (Lipinski definition) is 1. The van der Waals surface area contributed by atoms with Gasteiger partial charge < -0.3 is 10.6 Å². The summed E-state index contributed by atoms with van der Waals surface area (Å²) in [4.78, 5) is 0. The molecule has 0 rings (SSSR count). The van der Waals surface area contributed by atoms with Gasteiger partial charge in [0, 0.05) is 0 Å². The molecular weight excluding hydrogens is 268 g/mol. The second-order valence-electron chi connectivity index (χ2n) is 6.90. The van der Waals surface area contributed by atoms with Gasteiger partial charge in [-0.15, -0.1) is 12.4 Å². The first-order valence-electron chi connectivity index (χ1n) is 8.36. The fraction of sp³-hybridized carbons (Fsp3) is 1.00. The second kappa shape index (κ2) is 17.3. The maximum Gasteiger partial charge on any atom is 0.0780 e. The van der Waals surface area contributed by atoms with Crippen molar-refractivity contribution in [3.8, 4) is 0 Å². The molecule has 20 heavy (non-hydrogen) atoms. The average Bonchev–Trinajstić information content (AvgIpc) is 2.29. The Bertz CT molecular complexity index is 167. The van der Waals surface area contributed by atoms with Gasteiger partial charge in [0.25, 0.3) is 0 Å². The van der Waals surface area contributed by atoms with Crippen LogP contribution in [0, 0.1) is 0 Å². The topological polar surface area (TPSA) is 35.0 Å². The van der Waals surface area contributed by atoms with E-state index < -0.39 is 0 Å². The van der Waals surface area contributed by atoms with Gasteiger partial charge in [0.05, 0.1) is 27.7 Å². The number of halogens is 1. The highest BCUT2D eigenvalue weighted by Crippen LogP contribution is 2.12. The molecule has 0 spiro atoms. The van der Waals surface area contributed by atoms with Crippen LogP contribution in [0.3, 0.4) is 0 Å². The van der Waals surface area contributed by atoms with E-state index in [1.807, 2.05) is 0 Å². The largest absolute Gasteiger partial charge is 0.344 e. The molecule has 0 aromatic heterocycles. The van der Waals surface area contributed by atoms with Crippen molar-refractivity contribution in [1.29, 1.82) is 0 Å². The van der Waals surface area contributed by atoms with Crippen molar-refractivity contribution in [2.45, 2.75) is 84.0 Å². The second-order valence-corrected chi connectivity index (χ2v) is 6.90. The zero-order valence-electron chi connectivity index (χ0n) is 14.8. The highest BCUT2D eigenvalue weighted by atomic mass is 35.5. The molecule has 0 aromatic carbocycles. The molecule has 0 saturated heterocycles. The maximum absolute atomic E-state index is 2.29. The SMILES string of the molecule is CCCCCCCCCCCCCC[N+](C)(C)C.Cl.N. The summed E-state index contributed by atoms with van der Waals surface area (Å²) in [7, 11) is 6.87. The molecule has 3 heteroatoms. The fourth-order valence-corrected chi connectivity index (χ4v) is 2.43. The summed E-state index contributed by atoms with van der Waals surface area (Å²) < 4.78 is 1.12. The molecular formula is C17H42ClN2+. The van der Waals surface area contributed by atoms with Crippen molar-refractivity contribution in [2.75, 3.05) is 27.7 Å². The summed E-state index contributed by atoms with van der Waals surface area (Å²) in [6.07, 6.45) is 17.4. The van der Waals surface area contributed by atoms with Gasteiger partial charge in [0.2, 0.25) is 0 Å². The number of quaternary nitrogens is 1. The Morgan fingerprint density at radius 3 is 1.15 bits per heavy atom. The lowest BCUT2D eigenvalue weighted by molar-refractivity contribution is -0.870. The molecule has 0 aromatic rings. The van der Waals surface area contributed by atoms with Crippen molar-refractivity contribution < 1.29 is 4.48 Å². The predicted molar refractivity (Wildman–Crippen MR) is 96.2 cm³/mol. The van der Waals surface area contributed by atoms with Gasteiger partial charge in [-0.1, -0.05) is 71.1 Å². The van der Waals surface area contributed by atoms with E-state index in [4.69, 9.17) is 0 Å². The van der Waals surface area contributed by atoms with Crippen molar-refractivity contribution in [2.24, 2.45) is 0 Å². The fourth-order valence-electron chi connectivity index (χ4n) is 2.43. The monoisotopic (exact) mass is 309 g/mol. The molecule has 2 nitrogen and oxygen atoms in total. The Morgan fingerprint density at radius 2 is 0.850 bits per heavy atom. The Labute approximate surface area is 135 Å². The van der Waals surface area contributed by atoms with E-state index in [1.165, 1.54) is 83.6 Å². The third kappa shape index (κ3) is 23.3. The molecule has 0 radical (unpaired) electrons. The van der Waals surface area contributed by atoms with Crippen LogP contribution in [0.25, 0.3) is 0 Å². The van der Waals surface area contributed by atoms with Crippen LogP contribution in [-0.2, 0) is 0 Å². The standard InChI is InChI=1S/C17H38N.ClH.H3N/c1-5-6-7-8-9-10-11-12-13-14-15-16-17-18(2,3)4;;/h5-17H2,1-4H3;1H;1H3/q+1;;. The molecule has 0 aliphatic carbocycles. The molecule has 0 fully saturated rings. The molecule has 0 heterocycles. The van der Waals surface area contributed by atoms with E-state index >= 15 is 0 Å². The molecule has 0 bridgehead atoms. The highest BCUT2D eigenvalue weighted by Gasteiger charge is 2.04. The zero-order chi connectivity index (χ0) is 13.7. The minimum Gasteiger partial charge on any atom is -0.344 e. The third-order valence-corrected chi connectivity index (χ3v) is 3.68. The summed E-state index contributed by atoms with van der Waals surface area (Å²) in [5.74, 6) is 0. The Balaban J connectivity index is -0.00000144. The summed E-state index contributed by atoms with van der Waals surface area (Å²) in [6.45, 7) is 3.62. The number of hydrogen-bond acceptors (Lipinski definition) is 1. The van der Waals surface area contributed by atoms with Crippen LogP contribution in [0.15, 0.2) is 0 Å². The minimum absolute atomic E-state index is 0. The molecule has 0 aliphatic rings. The van der Waals surface area contributed by atoms with Crippen LogP contribution in [-0.4, -0.2) is 32.2 Å². The van der Waals surface area contributed by atoms with Crippen molar-refractivity contribution in [1.82, 2.24) is 6.15 Å². The van der Waals surface area contributed by atoms with Gasteiger partial charge in [-0.2, -0.15) is 0 Å². The number of rotatable bonds is 13. The smallest absolute Gasteiger partial charge is 0.0780 e. The van der Waals surface area contributed by atoms with E-state index in [2.05, 4.69) is 28.1 Å². The van der Waals surface area contributed by atoms with Gasteiger partial charge in [-0.3, -0.25) is 0 Å². The molecule has 126 valence electrons. The van der Waals surface area contributed by atoms with E-state index in [0.717, 1.165) is 4.48 Å². The highest BCUT2D eigenvalue weighted by molar-refractivity contribution is 5.85. The predicted octanol–water partition coefficient (Wildman–Crippen LogP) is 5.98. The van der Waals surface area contributed by atoms with Crippen LogP contribution in [0.5, 0.6) is 0 Å². The van der Waals surface area contributed by atoms with E-state index in [1.54, 1.807) is 0 Å². The lowest BCUT2D eigenvalue weighted by atomic mass is 10.1. The molecule has 0 atom stereocenters. The van der Waals surface area contributed by atoms with E-state index in [9.17, 15) is 0 Å². The molecule has 3 N–H and O–H groups in total. The Kier molecular flexibility index (Phi) is 21.7. The van der Waals surface area contributed by atoms with Crippen LogP contribution >= 0.6 is 12.4 Å². The molecule has 0 unspecified atom stereocenters. The average molecular weight is 310 g/mol. The minimum atomic E-state index is 0. The first kappa shape index (κ1) is 25.2. The van der Waals surface area contributed by atoms with Gasteiger partial charge in [-0.25, -0.2) is 0 Å². The van der Waals surface area contributed by atoms with Crippen LogP contribution in [0.2, 0.25) is 0 Å². The van der Waals surface area contributed by atoms with Gasteiger partial charge in [0.15, 0.2) is 0 Å². The van der Waals surface area contributed by atoms with Gasteiger partial charge >= 0.3 is 0 Å². The van der Waals surface area contributed by atoms with Crippen LogP contribution in [0.1, 0.15) is 84.0 Å². The van der Waals surface area contributed by atoms with Crippen LogP contribution in [0.4, 0.5) is 0 Å². The van der Waals surface area contributed by atoms with Crippen molar-refractivity contribution in [3.63, 3.8) is 0 Å². The molecule has 0 amide bonds. The van der Waals surface area contributed by atoms with Crippen molar-refractivity contribution >= 4 is 12.4 Å². The summed E-state index contributed by atoms with van der Waals surface area (Å²) in [5, 5.41) is 0. The lowest BCUT2D eigenvalue weighted by Gasteiger charge is -2.23. The number of unbranched alkanes of at least 4 members (excludes halogenated alkanes) is 11. The van der Waals surface area contributed by atoms with E-state index in [0.29, 0.717) is 0 Å². The Hall–Kier alpha value is 0.210. The third-order valence-electron chi connectivity index (χ3n) is 3.68. The molecule has 0 aliphatic heterocycles. The zero-order valence-corrected chi connectivity index (χ0v) is 15.6. The molecule has 0 saturated carbocycles. The maximum atomic E-state index is 2.29. The van der Waals surface area contributed by atoms with E-state index in [-0.39, 0.29) is 18.6 Å². The first-order chi connectivity index (χ1) is 8.56. The summed E-state index contributed by atoms with van der Waals surface area (Å²) in [5.41, 5.74) is 0. The Morgan fingerprint density at radius 1 is 0.550 bits per heavy atom. The van der Waals surface area contributed by atoms with Crippen molar-refractivity contribution in [3.05, 3.63) is 0 Å². The first-order valence-corrected chi connectivity index (χ1v) is 8.36. The normalized spacial score (nSPS) is 10.8.